The monoisotopic (exact) mass is 198 g/mol. The number of rotatable bonds is 8. The van der Waals surface area contributed by atoms with Crippen LogP contribution in [0.3, 0.4) is 0 Å². The molecule has 0 bridgehead atoms. The average molecular weight is 198 g/mol. The largest absolute Gasteiger partial charge is 0.396 e. The lowest BCUT2D eigenvalue weighted by Gasteiger charge is -2.04. The summed E-state index contributed by atoms with van der Waals surface area (Å²) in [5.41, 5.74) is 0. The molecule has 0 atom stereocenters. The van der Waals surface area contributed by atoms with E-state index in [9.17, 15) is 0 Å². The summed E-state index contributed by atoms with van der Waals surface area (Å²) in [6, 6.07) is 0. The molecule has 0 saturated carbocycles. The smallest absolute Gasteiger partial charge is 0.327 e. The summed E-state index contributed by atoms with van der Waals surface area (Å²) in [5, 5.41) is 8.37. The minimum Gasteiger partial charge on any atom is -0.396 e. The van der Waals surface area contributed by atoms with Crippen molar-refractivity contribution in [1.82, 2.24) is 0 Å². The van der Waals surface area contributed by atoms with E-state index in [2.05, 4.69) is 4.52 Å². The highest BCUT2D eigenvalue weighted by atomic mass is 31.2. The predicted octanol–water partition coefficient (Wildman–Crippen LogP) is 0.00360. The van der Waals surface area contributed by atoms with Gasteiger partial charge in [-0.3, -0.25) is 0 Å². The quantitative estimate of drug-likeness (QED) is 0.378. The fourth-order valence-electron chi connectivity index (χ4n) is 0.576. The van der Waals surface area contributed by atoms with Gasteiger partial charge in [-0.05, 0) is 12.8 Å². The minimum absolute atomic E-state index is 0.134. The van der Waals surface area contributed by atoms with Crippen molar-refractivity contribution in [1.29, 1.82) is 0 Å². The lowest BCUT2D eigenvalue weighted by Crippen LogP contribution is -2.01. The average Bonchev–Trinajstić information content (AvgIpc) is 2.02. The Kier molecular flexibility index (Phi) is 9.50. The summed E-state index contributed by atoms with van der Waals surface area (Å²) < 4.78 is 9.55. The Morgan fingerprint density at radius 3 is 2.25 bits per heavy atom. The molecule has 0 heterocycles. The molecule has 0 amide bonds. The normalized spacial score (nSPS) is 11.0. The Morgan fingerprint density at radius 1 is 1.00 bits per heavy atom. The molecular formula is C6H15O5P. The molecule has 0 saturated heterocycles. The predicted molar refractivity (Wildman–Crippen MR) is 44.4 cm³/mol. The summed E-state index contributed by atoms with van der Waals surface area (Å²) in [4.78, 5) is 16.6. The van der Waals surface area contributed by atoms with E-state index in [1.807, 2.05) is 0 Å². The van der Waals surface area contributed by atoms with E-state index in [0.717, 1.165) is 0 Å². The molecule has 0 radical (unpaired) electrons. The van der Waals surface area contributed by atoms with Crippen LogP contribution in [0.2, 0.25) is 0 Å². The van der Waals surface area contributed by atoms with Crippen LogP contribution in [0, 0.1) is 0 Å². The molecule has 0 aliphatic heterocycles. The number of aliphatic hydroxyl groups is 1. The van der Waals surface area contributed by atoms with E-state index in [1.54, 1.807) is 0 Å². The van der Waals surface area contributed by atoms with Crippen LogP contribution in [0.15, 0.2) is 0 Å². The first kappa shape index (κ1) is 12.2. The third-order valence-corrected chi connectivity index (χ3v) is 1.50. The van der Waals surface area contributed by atoms with Gasteiger partial charge in [0.25, 0.3) is 0 Å². The molecule has 74 valence electrons. The molecule has 0 fully saturated rings. The van der Waals surface area contributed by atoms with Crippen LogP contribution in [-0.4, -0.2) is 41.3 Å². The Hall–Kier alpha value is 0.230. The first-order valence-electron chi connectivity index (χ1n) is 3.76. The number of hydrogen-bond donors (Lipinski definition) is 3. The maximum Gasteiger partial charge on any atom is 0.327 e. The molecule has 0 unspecified atom stereocenters. The van der Waals surface area contributed by atoms with Gasteiger partial charge in [0, 0.05) is 19.8 Å². The molecule has 6 heteroatoms. The van der Waals surface area contributed by atoms with Gasteiger partial charge in [0.05, 0.1) is 6.61 Å². The Morgan fingerprint density at radius 2 is 1.67 bits per heavy atom. The zero-order chi connectivity index (χ0) is 9.23. The standard InChI is InChI=1S/C6H15O5P/c7-3-1-4-10-5-2-6-11-12(8)9/h7-9H,1-6H2. The lowest BCUT2D eigenvalue weighted by molar-refractivity contribution is 0.103. The van der Waals surface area contributed by atoms with Crippen LogP contribution in [-0.2, 0) is 9.26 Å². The van der Waals surface area contributed by atoms with Gasteiger partial charge >= 0.3 is 8.60 Å². The van der Waals surface area contributed by atoms with E-state index < -0.39 is 8.60 Å². The van der Waals surface area contributed by atoms with Gasteiger partial charge in [0.15, 0.2) is 0 Å². The van der Waals surface area contributed by atoms with Crippen molar-refractivity contribution >= 4 is 8.60 Å². The second-order valence-corrected chi connectivity index (χ2v) is 2.89. The third kappa shape index (κ3) is 10.2. The number of ether oxygens (including phenoxy) is 1. The van der Waals surface area contributed by atoms with Crippen LogP contribution in [0.4, 0.5) is 0 Å². The first-order chi connectivity index (χ1) is 5.77. The molecule has 0 rings (SSSR count). The highest BCUT2D eigenvalue weighted by Gasteiger charge is 1.97. The van der Waals surface area contributed by atoms with Gasteiger partial charge in [-0.15, -0.1) is 0 Å². The number of aliphatic hydroxyl groups excluding tert-OH is 1. The summed E-state index contributed by atoms with van der Waals surface area (Å²) in [6.07, 6.45) is 1.26. The van der Waals surface area contributed by atoms with Gasteiger partial charge in [0.2, 0.25) is 0 Å². The third-order valence-electron chi connectivity index (χ3n) is 1.09. The van der Waals surface area contributed by atoms with Crippen LogP contribution < -0.4 is 0 Å². The maximum absolute atomic E-state index is 8.37. The second-order valence-electron chi connectivity index (χ2n) is 2.13. The van der Waals surface area contributed by atoms with Crippen molar-refractivity contribution in [3.8, 4) is 0 Å². The zero-order valence-corrected chi connectivity index (χ0v) is 7.74. The second kappa shape index (κ2) is 9.32. The molecule has 0 spiro atoms. The lowest BCUT2D eigenvalue weighted by atomic mass is 10.5. The fraction of sp³-hybridized carbons (Fsp3) is 1.00. The molecule has 0 aliphatic rings. The molecule has 0 aromatic heterocycles. The van der Waals surface area contributed by atoms with E-state index in [1.165, 1.54) is 0 Å². The van der Waals surface area contributed by atoms with Crippen molar-refractivity contribution in [3.63, 3.8) is 0 Å². The fourth-order valence-corrected chi connectivity index (χ4v) is 0.868. The van der Waals surface area contributed by atoms with Crippen molar-refractivity contribution in [2.24, 2.45) is 0 Å². The highest BCUT2D eigenvalue weighted by molar-refractivity contribution is 7.39. The van der Waals surface area contributed by atoms with Crippen LogP contribution in [0.1, 0.15) is 12.8 Å². The highest BCUT2D eigenvalue weighted by Crippen LogP contribution is 2.23. The van der Waals surface area contributed by atoms with Crippen molar-refractivity contribution in [3.05, 3.63) is 0 Å². The van der Waals surface area contributed by atoms with Crippen LogP contribution >= 0.6 is 8.60 Å². The van der Waals surface area contributed by atoms with E-state index >= 15 is 0 Å². The molecule has 0 aliphatic carbocycles. The Bertz CT molecular complexity index is 90.0. The topological polar surface area (TPSA) is 79.2 Å². The number of hydrogen-bond acceptors (Lipinski definition) is 5. The summed E-state index contributed by atoms with van der Waals surface area (Å²) >= 11 is 0. The molecule has 0 aromatic rings. The van der Waals surface area contributed by atoms with Gasteiger partial charge in [0.1, 0.15) is 0 Å². The van der Waals surface area contributed by atoms with Crippen molar-refractivity contribution in [2.45, 2.75) is 12.8 Å². The van der Waals surface area contributed by atoms with E-state index in [4.69, 9.17) is 19.6 Å². The van der Waals surface area contributed by atoms with Crippen molar-refractivity contribution in [2.75, 3.05) is 26.4 Å². The van der Waals surface area contributed by atoms with Gasteiger partial charge < -0.3 is 24.2 Å². The van der Waals surface area contributed by atoms with Gasteiger partial charge in [-0.25, -0.2) is 0 Å². The van der Waals surface area contributed by atoms with Gasteiger partial charge in [-0.2, -0.15) is 0 Å². The summed E-state index contributed by atoms with van der Waals surface area (Å²) in [7, 11) is -2.22. The molecule has 3 N–H and O–H groups in total. The Balaban J connectivity index is 2.82. The van der Waals surface area contributed by atoms with Crippen LogP contribution in [0.5, 0.6) is 0 Å². The van der Waals surface area contributed by atoms with Gasteiger partial charge in [-0.1, -0.05) is 0 Å². The minimum atomic E-state index is -2.22. The molecule has 5 nitrogen and oxygen atoms in total. The summed E-state index contributed by atoms with van der Waals surface area (Å²) in [6.45, 7) is 1.47. The molecule has 12 heavy (non-hydrogen) atoms. The zero-order valence-electron chi connectivity index (χ0n) is 6.85. The van der Waals surface area contributed by atoms with E-state index in [-0.39, 0.29) is 13.2 Å². The maximum atomic E-state index is 8.37. The SMILES string of the molecule is OCCCOCCCOP(O)O. The van der Waals surface area contributed by atoms with Crippen molar-refractivity contribution < 1.29 is 24.2 Å². The molecular weight excluding hydrogens is 183 g/mol. The Labute approximate surface area is 72.9 Å². The van der Waals surface area contributed by atoms with E-state index in [0.29, 0.717) is 26.1 Å². The first-order valence-corrected chi connectivity index (χ1v) is 4.93. The molecule has 0 aromatic carbocycles. The summed E-state index contributed by atoms with van der Waals surface area (Å²) in [5.74, 6) is 0. The van der Waals surface area contributed by atoms with Crippen LogP contribution in [0.25, 0.3) is 0 Å².